The maximum Gasteiger partial charge on any atom is 0.0947 e. The van der Waals surface area contributed by atoms with Crippen molar-refractivity contribution in [2.45, 2.75) is 51.0 Å². The van der Waals surface area contributed by atoms with Crippen LogP contribution in [0, 0.1) is 0 Å². The van der Waals surface area contributed by atoms with Crippen molar-refractivity contribution < 1.29 is 5.11 Å². The van der Waals surface area contributed by atoms with Gasteiger partial charge in [-0.05, 0) is 48.4 Å². The molecule has 0 saturated heterocycles. The molecule has 0 saturated carbocycles. The topological polar surface area (TPSA) is 20.2 Å². The monoisotopic (exact) mass is 286 g/mol. The summed E-state index contributed by atoms with van der Waals surface area (Å²) in [5.74, 6) is 0.556. The largest absolute Gasteiger partial charge is 0.385 e. The Morgan fingerprint density at radius 3 is 2.70 bits per heavy atom. The van der Waals surface area contributed by atoms with E-state index in [4.69, 9.17) is 0 Å². The Bertz CT molecular complexity index is 601. The van der Waals surface area contributed by atoms with Gasteiger partial charge in [0, 0.05) is 16.2 Å². The molecule has 2 atom stereocenters. The van der Waals surface area contributed by atoms with Crippen LogP contribution >= 0.6 is 11.3 Å². The third-order valence-electron chi connectivity index (χ3n) is 4.52. The molecular weight excluding hydrogens is 264 g/mol. The summed E-state index contributed by atoms with van der Waals surface area (Å²) in [4.78, 5) is 2.70. The lowest BCUT2D eigenvalue weighted by Crippen LogP contribution is -2.33. The zero-order valence-electron chi connectivity index (χ0n) is 12.2. The van der Waals surface area contributed by atoms with Crippen LogP contribution < -0.4 is 0 Å². The van der Waals surface area contributed by atoms with Crippen LogP contribution in [-0.2, 0) is 18.4 Å². The minimum Gasteiger partial charge on any atom is -0.385 e. The Kier molecular flexibility index (Phi) is 3.70. The molecule has 3 rings (SSSR count). The van der Waals surface area contributed by atoms with Crippen molar-refractivity contribution in [3.63, 3.8) is 0 Å². The van der Waals surface area contributed by atoms with Crippen molar-refractivity contribution in [2.75, 3.05) is 0 Å². The highest BCUT2D eigenvalue weighted by atomic mass is 32.1. The summed E-state index contributed by atoms with van der Waals surface area (Å²) in [5, 5.41) is 11.2. The first-order valence-corrected chi connectivity index (χ1v) is 8.33. The van der Waals surface area contributed by atoms with Gasteiger partial charge in [-0.25, -0.2) is 0 Å². The summed E-state index contributed by atoms with van der Waals surface area (Å²) in [5.41, 5.74) is 1.79. The quantitative estimate of drug-likeness (QED) is 0.871. The molecule has 0 amide bonds. The first-order valence-electron chi connectivity index (χ1n) is 7.52. The van der Waals surface area contributed by atoms with Crippen LogP contribution in [0.5, 0.6) is 0 Å². The molecule has 106 valence electrons. The van der Waals surface area contributed by atoms with E-state index in [2.05, 4.69) is 44.2 Å². The second kappa shape index (κ2) is 5.34. The number of aliphatic hydroxyl groups is 1. The molecule has 0 aliphatic heterocycles. The van der Waals surface area contributed by atoms with Gasteiger partial charge >= 0.3 is 0 Å². The molecule has 1 aliphatic rings. The van der Waals surface area contributed by atoms with Gasteiger partial charge in [0.25, 0.3) is 0 Å². The predicted molar refractivity (Wildman–Crippen MR) is 85.4 cm³/mol. The molecule has 0 spiro atoms. The van der Waals surface area contributed by atoms with E-state index in [1.54, 1.807) is 0 Å². The summed E-state index contributed by atoms with van der Waals surface area (Å²) in [6, 6.07) is 12.8. The van der Waals surface area contributed by atoms with Gasteiger partial charge in [-0.15, -0.1) is 11.3 Å². The molecule has 1 heterocycles. The first kappa shape index (κ1) is 13.8. The molecule has 2 heteroatoms. The number of aryl methyl sites for hydroxylation is 1. The maximum atomic E-state index is 11.2. The molecule has 1 N–H and O–H groups in total. The second-order valence-corrected chi connectivity index (χ2v) is 7.21. The van der Waals surface area contributed by atoms with Gasteiger partial charge in [-0.3, -0.25) is 0 Å². The van der Waals surface area contributed by atoms with Gasteiger partial charge in [-0.2, -0.15) is 0 Å². The van der Waals surface area contributed by atoms with E-state index in [9.17, 15) is 5.11 Å². The van der Waals surface area contributed by atoms with Crippen LogP contribution in [0.1, 0.15) is 53.5 Å². The van der Waals surface area contributed by atoms with Crippen molar-refractivity contribution in [1.82, 2.24) is 0 Å². The molecule has 1 aromatic carbocycles. The lowest BCUT2D eigenvalue weighted by atomic mass is 9.73. The fourth-order valence-corrected chi connectivity index (χ4v) is 4.34. The minimum absolute atomic E-state index is 0.556. The van der Waals surface area contributed by atoms with Crippen LogP contribution in [-0.4, -0.2) is 5.11 Å². The average Bonchev–Trinajstić information content (AvgIpc) is 2.91. The highest BCUT2D eigenvalue weighted by Gasteiger charge is 2.36. The summed E-state index contributed by atoms with van der Waals surface area (Å²) >= 11 is 1.84. The highest BCUT2D eigenvalue weighted by Crippen LogP contribution is 2.43. The van der Waals surface area contributed by atoms with Crippen LogP contribution in [0.15, 0.2) is 36.4 Å². The second-order valence-electron chi connectivity index (χ2n) is 5.96. The normalized spacial score (nSPS) is 25.4. The van der Waals surface area contributed by atoms with Gasteiger partial charge in [0.05, 0.1) is 5.60 Å². The van der Waals surface area contributed by atoms with Crippen LogP contribution in [0.2, 0.25) is 0 Å². The minimum atomic E-state index is -0.682. The van der Waals surface area contributed by atoms with Crippen LogP contribution in [0.25, 0.3) is 0 Å². The molecule has 0 bridgehead atoms. The van der Waals surface area contributed by atoms with E-state index in [1.165, 1.54) is 15.3 Å². The summed E-state index contributed by atoms with van der Waals surface area (Å²) in [6.07, 6.45) is 3.77. The van der Waals surface area contributed by atoms with E-state index in [1.807, 2.05) is 17.4 Å². The summed E-state index contributed by atoms with van der Waals surface area (Å²) < 4.78 is 0. The number of thiophene rings is 1. The van der Waals surface area contributed by atoms with E-state index < -0.39 is 5.60 Å². The Balaban J connectivity index is 1.94. The smallest absolute Gasteiger partial charge is 0.0947 e. The SMILES string of the molecule is CCc1ccc(CC2(O)CCC(C)c3ccccc32)s1. The molecule has 20 heavy (non-hydrogen) atoms. The molecule has 2 aromatic rings. The third kappa shape index (κ3) is 2.43. The Morgan fingerprint density at radius 2 is 1.95 bits per heavy atom. The van der Waals surface area contributed by atoms with Crippen molar-refractivity contribution in [3.05, 3.63) is 57.3 Å². The van der Waals surface area contributed by atoms with E-state index >= 15 is 0 Å². The number of rotatable bonds is 3. The van der Waals surface area contributed by atoms with Crippen molar-refractivity contribution in [1.29, 1.82) is 0 Å². The Labute approximate surface area is 125 Å². The molecule has 2 unspecified atom stereocenters. The molecule has 0 radical (unpaired) electrons. The standard InChI is InChI=1S/C18H22OS/c1-3-14-8-9-15(20-14)12-18(19)11-10-13(2)16-6-4-5-7-17(16)18/h4-9,13,19H,3,10-12H2,1-2H3. The fraction of sp³-hybridized carbons (Fsp3) is 0.444. The number of benzene rings is 1. The number of fused-ring (bicyclic) bond motifs is 1. The fourth-order valence-electron chi connectivity index (χ4n) is 3.28. The molecular formula is C18H22OS. The zero-order chi connectivity index (χ0) is 14.2. The van der Waals surface area contributed by atoms with Crippen molar-refractivity contribution in [2.24, 2.45) is 0 Å². The third-order valence-corrected chi connectivity index (χ3v) is 5.75. The average molecular weight is 286 g/mol. The Hall–Kier alpha value is -1.12. The van der Waals surface area contributed by atoms with E-state index in [0.29, 0.717) is 5.92 Å². The first-order chi connectivity index (χ1) is 9.62. The summed E-state index contributed by atoms with van der Waals surface area (Å²) in [7, 11) is 0. The van der Waals surface area contributed by atoms with Crippen LogP contribution in [0.4, 0.5) is 0 Å². The number of hydrogen-bond donors (Lipinski definition) is 1. The Morgan fingerprint density at radius 1 is 1.20 bits per heavy atom. The van der Waals surface area contributed by atoms with Crippen molar-refractivity contribution >= 4 is 11.3 Å². The molecule has 0 fully saturated rings. The lowest BCUT2D eigenvalue weighted by Gasteiger charge is -2.37. The van der Waals surface area contributed by atoms with Gasteiger partial charge in [0.1, 0.15) is 0 Å². The number of hydrogen-bond acceptors (Lipinski definition) is 2. The van der Waals surface area contributed by atoms with E-state index in [0.717, 1.165) is 31.2 Å². The molecule has 1 aliphatic carbocycles. The lowest BCUT2D eigenvalue weighted by molar-refractivity contribution is 0.0167. The van der Waals surface area contributed by atoms with Gasteiger partial charge in [-0.1, -0.05) is 38.1 Å². The predicted octanol–water partition coefficient (Wildman–Crippen LogP) is 4.64. The van der Waals surface area contributed by atoms with Crippen LogP contribution in [0.3, 0.4) is 0 Å². The molecule has 1 aromatic heterocycles. The summed E-state index contributed by atoms with van der Waals surface area (Å²) in [6.45, 7) is 4.45. The zero-order valence-corrected chi connectivity index (χ0v) is 13.0. The van der Waals surface area contributed by atoms with Gasteiger partial charge < -0.3 is 5.11 Å². The van der Waals surface area contributed by atoms with Gasteiger partial charge in [0.2, 0.25) is 0 Å². The van der Waals surface area contributed by atoms with E-state index in [-0.39, 0.29) is 0 Å². The van der Waals surface area contributed by atoms with Gasteiger partial charge in [0.15, 0.2) is 0 Å². The highest BCUT2D eigenvalue weighted by molar-refractivity contribution is 7.12. The van der Waals surface area contributed by atoms with Crippen molar-refractivity contribution in [3.8, 4) is 0 Å². The molecule has 1 nitrogen and oxygen atoms in total. The maximum absolute atomic E-state index is 11.2.